The molecule has 26 heavy (non-hydrogen) atoms. The zero-order chi connectivity index (χ0) is 19.1. The molecule has 0 bridgehead atoms. The Morgan fingerprint density at radius 1 is 1.12 bits per heavy atom. The normalized spacial score (nSPS) is 22.0. The van der Waals surface area contributed by atoms with Gasteiger partial charge in [0.2, 0.25) is 11.8 Å². The molecular weight excluding hydrogens is 342 g/mol. The number of imide groups is 2. The molecule has 1 aliphatic heterocycles. The first-order valence-corrected chi connectivity index (χ1v) is 9.02. The van der Waals surface area contributed by atoms with Gasteiger partial charge in [-0.2, -0.15) is 0 Å². The van der Waals surface area contributed by atoms with Crippen molar-refractivity contribution in [3.63, 3.8) is 0 Å². The van der Waals surface area contributed by atoms with Crippen LogP contribution in [-0.4, -0.2) is 54.3 Å². The van der Waals surface area contributed by atoms with Gasteiger partial charge in [0.15, 0.2) is 6.61 Å². The molecular formula is C17H25N3O6. The number of amides is 5. The van der Waals surface area contributed by atoms with E-state index in [1.807, 2.05) is 12.2 Å². The van der Waals surface area contributed by atoms with Crippen molar-refractivity contribution in [2.75, 3.05) is 19.7 Å². The first kappa shape index (κ1) is 19.9. The number of carbonyl (C=O) groups is 5. The lowest BCUT2D eigenvalue weighted by Crippen LogP contribution is -2.41. The fourth-order valence-electron chi connectivity index (χ4n) is 3.32. The predicted octanol–water partition coefficient (Wildman–Crippen LogP) is 0.331. The predicted molar refractivity (Wildman–Crippen MR) is 89.6 cm³/mol. The molecule has 0 radical (unpaired) electrons. The quantitative estimate of drug-likeness (QED) is 0.494. The van der Waals surface area contributed by atoms with Crippen molar-refractivity contribution in [1.29, 1.82) is 0 Å². The molecule has 1 saturated carbocycles. The Bertz CT molecular complexity index is 567. The molecule has 0 aromatic heterocycles. The minimum atomic E-state index is -0.744. The third-order valence-corrected chi connectivity index (χ3v) is 4.62. The lowest BCUT2D eigenvalue weighted by atomic mass is 9.81. The summed E-state index contributed by atoms with van der Waals surface area (Å²) in [6.07, 6.45) is 3.87. The number of urea groups is 1. The van der Waals surface area contributed by atoms with Crippen LogP contribution in [0.3, 0.4) is 0 Å². The molecule has 0 spiro atoms. The molecule has 1 heterocycles. The summed E-state index contributed by atoms with van der Waals surface area (Å²) < 4.78 is 4.78. The molecule has 0 aromatic rings. The number of rotatable bonds is 7. The monoisotopic (exact) mass is 367 g/mol. The van der Waals surface area contributed by atoms with Gasteiger partial charge < -0.3 is 10.1 Å². The number of esters is 1. The smallest absolute Gasteiger partial charge is 0.321 e. The molecule has 2 atom stereocenters. The second-order valence-corrected chi connectivity index (χ2v) is 6.54. The SMILES string of the molecule is CCCNC(=O)NC(=O)COC(=O)CCN1C(=O)[C@@H]2CCCC[C@H]2C1=O. The van der Waals surface area contributed by atoms with E-state index in [2.05, 4.69) is 5.32 Å². The third-order valence-electron chi connectivity index (χ3n) is 4.62. The number of likely N-dealkylation sites (tertiary alicyclic amines) is 1. The van der Waals surface area contributed by atoms with Gasteiger partial charge in [0.1, 0.15) is 0 Å². The van der Waals surface area contributed by atoms with Gasteiger partial charge in [0.05, 0.1) is 18.3 Å². The molecule has 5 amide bonds. The van der Waals surface area contributed by atoms with Crippen LogP contribution in [0.15, 0.2) is 0 Å². The highest BCUT2D eigenvalue weighted by molar-refractivity contribution is 6.05. The minimum absolute atomic E-state index is 0.0396. The zero-order valence-electron chi connectivity index (χ0n) is 14.9. The Morgan fingerprint density at radius 3 is 2.31 bits per heavy atom. The summed E-state index contributed by atoms with van der Waals surface area (Å²) in [7, 11) is 0. The van der Waals surface area contributed by atoms with Crippen molar-refractivity contribution in [1.82, 2.24) is 15.5 Å². The number of nitrogens with one attached hydrogen (secondary N) is 2. The molecule has 2 rings (SSSR count). The number of carbonyl (C=O) groups excluding carboxylic acids is 5. The van der Waals surface area contributed by atoms with E-state index in [-0.39, 0.29) is 36.6 Å². The average Bonchev–Trinajstić information content (AvgIpc) is 2.87. The number of nitrogens with zero attached hydrogens (tertiary/aromatic N) is 1. The van der Waals surface area contributed by atoms with Crippen molar-refractivity contribution in [2.45, 2.75) is 45.4 Å². The van der Waals surface area contributed by atoms with Crippen LogP contribution in [0.1, 0.15) is 45.4 Å². The second-order valence-electron chi connectivity index (χ2n) is 6.54. The zero-order valence-corrected chi connectivity index (χ0v) is 14.9. The standard InChI is InChI=1S/C17H25N3O6/c1-2-8-18-17(25)19-13(21)10-26-14(22)7-9-20-15(23)11-5-3-4-6-12(11)16(20)24/h11-12H,2-10H2,1H3,(H2,18,19,21,25)/t11-,12-/m1/s1. The van der Waals surface area contributed by atoms with E-state index >= 15 is 0 Å². The molecule has 0 unspecified atom stereocenters. The summed E-state index contributed by atoms with van der Waals surface area (Å²) in [6.45, 7) is 1.67. The summed E-state index contributed by atoms with van der Waals surface area (Å²) in [5.41, 5.74) is 0. The lowest BCUT2D eigenvalue weighted by Gasteiger charge is -2.19. The maximum absolute atomic E-state index is 12.3. The van der Waals surface area contributed by atoms with E-state index < -0.39 is 24.5 Å². The van der Waals surface area contributed by atoms with E-state index in [0.717, 1.165) is 37.0 Å². The Morgan fingerprint density at radius 2 is 1.73 bits per heavy atom. The first-order chi connectivity index (χ1) is 12.4. The van der Waals surface area contributed by atoms with Crippen molar-refractivity contribution in [3.05, 3.63) is 0 Å². The van der Waals surface area contributed by atoms with E-state index in [1.54, 1.807) is 0 Å². The van der Waals surface area contributed by atoms with Gasteiger partial charge in [-0.3, -0.25) is 29.4 Å². The molecule has 2 fully saturated rings. The van der Waals surface area contributed by atoms with Gasteiger partial charge in [-0.1, -0.05) is 19.8 Å². The van der Waals surface area contributed by atoms with Crippen molar-refractivity contribution >= 4 is 29.7 Å². The van der Waals surface area contributed by atoms with Crippen LogP contribution < -0.4 is 10.6 Å². The maximum Gasteiger partial charge on any atom is 0.321 e. The highest BCUT2D eigenvalue weighted by Gasteiger charge is 2.47. The van der Waals surface area contributed by atoms with Crippen LogP contribution in [0.4, 0.5) is 4.79 Å². The number of hydrogen-bond donors (Lipinski definition) is 2. The molecule has 9 heteroatoms. The fourth-order valence-corrected chi connectivity index (χ4v) is 3.32. The molecule has 2 aliphatic rings. The van der Waals surface area contributed by atoms with Gasteiger partial charge >= 0.3 is 12.0 Å². The van der Waals surface area contributed by atoms with Crippen LogP contribution in [-0.2, 0) is 23.9 Å². The largest absolute Gasteiger partial charge is 0.456 e. The fraction of sp³-hybridized carbons (Fsp3) is 0.706. The Balaban J connectivity index is 1.70. The molecule has 1 saturated heterocycles. The van der Waals surface area contributed by atoms with Crippen LogP contribution in [0, 0.1) is 11.8 Å². The summed E-state index contributed by atoms with van der Waals surface area (Å²) in [5.74, 6) is -2.37. The molecule has 2 N–H and O–H groups in total. The highest BCUT2D eigenvalue weighted by Crippen LogP contribution is 2.37. The topological polar surface area (TPSA) is 122 Å². The average molecular weight is 367 g/mol. The van der Waals surface area contributed by atoms with E-state index in [1.165, 1.54) is 0 Å². The van der Waals surface area contributed by atoms with E-state index in [0.29, 0.717) is 6.54 Å². The van der Waals surface area contributed by atoms with Crippen molar-refractivity contribution in [2.24, 2.45) is 11.8 Å². The van der Waals surface area contributed by atoms with Gasteiger partial charge in [-0.05, 0) is 19.3 Å². The minimum Gasteiger partial charge on any atom is -0.456 e. The number of fused-ring (bicyclic) bond motifs is 1. The van der Waals surface area contributed by atoms with Gasteiger partial charge in [-0.25, -0.2) is 4.79 Å². The Hall–Kier alpha value is -2.45. The number of ether oxygens (including phenoxy) is 1. The molecule has 1 aliphatic carbocycles. The van der Waals surface area contributed by atoms with Crippen LogP contribution in [0.25, 0.3) is 0 Å². The van der Waals surface area contributed by atoms with Crippen LogP contribution in [0.2, 0.25) is 0 Å². The van der Waals surface area contributed by atoms with E-state index in [9.17, 15) is 24.0 Å². The summed E-state index contributed by atoms with van der Waals surface area (Å²) in [5, 5.41) is 4.48. The van der Waals surface area contributed by atoms with Crippen LogP contribution >= 0.6 is 0 Å². The summed E-state index contributed by atoms with van der Waals surface area (Å²) in [6, 6.07) is -0.649. The van der Waals surface area contributed by atoms with Gasteiger partial charge in [0.25, 0.3) is 5.91 Å². The van der Waals surface area contributed by atoms with Gasteiger partial charge in [0, 0.05) is 13.1 Å². The first-order valence-electron chi connectivity index (χ1n) is 9.02. The number of hydrogen-bond acceptors (Lipinski definition) is 6. The Labute approximate surface area is 151 Å². The Kier molecular flexibility index (Phi) is 7.11. The summed E-state index contributed by atoms with van der Waals surface area (Å²) >= 11 is 0. The van der Waals surface area contributed by atoms with Crippen molar-refractivity contribution < 1.29 is 28.7 Å². The maximum atomic E-state index is 12.3. The summed E-state index contributed by atoms with van der Waals surface area (Å²) in [4.78, 5) is 60.2. The van der Waals surface area contributed by atoms with Gasteiger partial charge in [-0.15, -0.1) is 0 Å². The molecule has 0 aromatic carbocycles. The molecule has 144 valence electrons. The second kappa shape index (κ2) is 9.30. The highest BCUT2D eigenvalue weighted by atomic mass is 16.5. The van der Waals surface area contributed by atoms with Crippen molar-refractivity contribution in [3.8, 4) is 0 Å². The third kappa shape index (κ3) is 5.03. The molecule has 9 nitrogen and oxygen atoms in total. The lowest BCUT2D eigenvalue weighted by molar-refractivity contribution is -0.149. The van der Waals surface area contributed by atoms with E-state index in [4.69, 9.17) is 4.74 Å². The van der Waals surface area contributed by atoms with Crippen LogP contribution in [0.5, 0.6) is 0 Å².